The standard InChI is InChI=1S/C13H29NO/c1-5-7-8-12(6-2)11-14-13(3,4)9-10-15/h12,14-15H,5-11H2,1-4H3. The van der Waals surface area contributed by atoms with Gasteiger partial charge >= 0.3 is 0 Å². The zero-order valence-electron chi connectivity index (χ0n) is 11.0. The molecule has 0 heterocycles. The Kier molecular flexibility index (Phi) is 8.07. The lowest BCUT2D eigenvalue weighted by atomic mass is 9.96. The molecule has 0 aromatic heterocycles. The van der Waals surface area contributed by atoms with Gasteiger partial charge in [0.1, 0.15) is 0 Å². The summed E-state index contributed by atoms with van der Waals surface area (Å²) in [5, 5.41) is 12.5. The van der Waals surface area contributed by atoms with Gasteiger partial charge < -0.3 is 10.4 Å². The summed E-state index contributed by atoms with van der Waals surface area (Å²) in [6.45, 7) is 10.2. The van der Waals surface area contributed by atoms with Gasteiger partial charge in [-0.3, -0.25) is 0 Å². The first-order chi connectivity index (χ1) is 7.05. The largest absolute Gasteiger partial charge is 0.396 e. The molecule has 2 heteroatoms. The minimum absolute atomic E-state index is 0.0778. The summed E-state index contributed by atoms with van der Waals surface area (Å²) in [5.74, 6) is 0.794. The van der Waals surface area contributed by atoms with Crippen LogP contribution in [0.25, 0.3) is 0 Å². The molecular formula is C13H29NO. The lowest BCUT2D eigenvalue weighted by molar-refractivity contribution is 0.222. The number of unbranched alkanes of at least 4 members (excludes halogenated alkanes) is 1. The number of hydrogen-bond acceptors (Lipinski definition) is 2. The van der Waals surface area contributed by atoms with E-state index >= 15 is 0 Å². The molecule has 0 saturated heterocycles. The minimum atomic E-state index is 0.0778. The highest BCUT2D eigenvalue weighted by Crippen LogP contribution is 2.14. The van der Waals surface area contributed by atoms with Crippen molar-refractivity contribution in [2.75, 3.05) is 13.2 Å². The van der Waals surface area contributed by atoms with E-state index in [0.29, 0.717) is 0 Å². The normalized spacial score (nSPS) is 14.2. The van der Waals surface area contributed by atoms with Crippen molar-refractivity contribution in [3.8, 4) is 0 Å². The maximum Gasteiger partial charge on any atom is 0.0448 e. The number of aliphatic hydroxyl groups excluding tert-OH is 1. The van der Waals surface area contributed by atoms with Crippen molar-refractivity contribution in [1.29, 1.82) is 0 Å². The Morgan fingerprint density at radius 1 is 1.27 bits per heavy atom. The summed E-state index contributed by atoms with van der Waals surface area (Å²) in [5.41, 5.74) is 0.0778. The van der Waals surface area contributed by atoms with Crippen LogP contribution in [0, 0.1) is 5.92 Å². The van der Waals surface area contributed by atoms with Crippen molar-refractivity contribution in [2.24, 2.45) is 5.92 Å². The molecule has 0 aliphatic rings. The summed E-state index contributed by atoms with van der Waals surface area (Å²) >= 11 is 0. The average molecular weight is 215 g/mol. The molecule has 0 aliphatic heterocycles. The highest BCUT2D eigenvalue weighted by Gasteiger charge is 2.17. The van der Waals surface area contributed by atoms with Gasteiger partial charge in [0, 0.05) is 12.1 Å². The number of rotatable bonds is 9. The van der Waals surface area contributed by atoms with Crippen molar-refractivity contribution in [2.45, 2.75) is 65.3 Å². The second kappa shape index (κ2) is 8.12. The Morgan fingerprint density at radius 3 is 2.40 bits per heavy atom. The van der Waals surface area contributed by atoms with Crippen LogP contribution in [0.15, 0.2) is 0 Å². The molecule has 0 fully saturated rings. The summed E-state index contributed by atoms with van der Waals surface area (Å²) in [6, 6.07) is 0. The topological polar surface area (TPSA) is 32.3 Å². The van der Waals surface area contributed by atoms with Crippen molar-refractivity contribution in [3.63, 3.8) is 0 Å². The van der Waals surface area contributed by atoms with E-state index in [-0.39, 0.29) is 12.1 Å². The lowest BCUT2D eigenvalue weighted by Gasteiger charge is -2.28. The fourth-order valence-corrected chi connectivity index (χ4v) is 1.73. The fraction of sp³-hybridized carbons (Fsp3) is 1.00. The molecule has 1 unspecified atom stereocenters. The van der Waals surface area contributed by atoms with Crippen LogP contribution in [0.2, 0.25) is 0 Å². The zero-order valence-corrected chi connectivity index (χ0v) is 11.0. The summed E-state index contributed by atoms with van der Waals surface area (Å²) in [7, 11) is 0. The Bertz CT molecular complexity index is 145. The monoisotopic (exact) mass is 215 g/mol. The molecule has 0 spiro atoms. The van der Waals surface area contributed by atoms with Crippen molar-refractivity contribution in [3.05, 3.63) is 0 Å². The van der Waals surface area contributed by atoms with E-state index in [0.717, 1.165) is 18.9 Å². The van der Waals surface area contributed by atoms with Crippen LogP contribution in [0.1, 0.15) is 59.8 Å². The summed E-state index contributed by atoms with van der Waals surface area (Å²) in [4.78, 5) is 0. The predicted octanol–water partition coefficient (Wildman–Crippen LogP) is 2.95. The maximum absolute atomic E-state index is 8.93. The van der Waals surface area contributed by atoms with Crippen molar-refractivity contribution >= 4 is 0 Å². The van der Waals surface area contributed by atoms with Crippen LogP contribution >= 0.6 is 0 Å². The van der Waals surface area contributed by atoms with E-state index in [9.17, 15) is 0 Å². The SMILES string of the molecule is CCCCC(CC)CNC(C)(C)CCO. The van der Waals surface area contributed by atoms with Crippen LogP contribution in [-0.4, -0.2) is 23.8 Å². The molecule has 0 aliphatic carbocycles. The number of hydrogen-bond donors (Lipinski definition) is 2. The van der Waals surface area contributed by atoms with Crippen LogP contribution < -0.4 is 5.32 Å². The van der Waals surface area contributed by atoms with Gasteiger partial charge in [0.15, 0.2) is 0 Å². The second-order valence-electron chi connectivity index (χ2n) is 5.15. The molecule has 2 N–H and O–H groups in total. The van der Waals surface area contributed by atoms with E-state index in [1.165, 1.54) is 25.7 Å². The lowest BCUT2D eigenvalue weighted by Crippen LogP contribution is -2.42. The van der Waals surface area contributed by atoms with Crippen LogP contribution in [0.3, 0.4) is 0 Å². The van der Waals surface area contributed by atoms with Gasteiger partial charge in [0.2, 0.25) is 0 Å². The summed E-state index contributed by atoms with van der Waals surface area (Å²) < 4.78 is 0. The number of nitrogens with one attached hydrogen (secondary N) is 1. The van der Waals surface area contributed by atoms with E-state index in [4.69, 9.17) is 5.11 Å². The van der Waals surface area contributed by atoms with Gasteiger partial charge in [-0.05, 0) is 39.2 Å². The molecule has 2 nitrogen and oxygen atoms in total. The molecule has 0 radical (unpaired) electrons. The third-order valence-corrected chi connectivity index (χ3v) is 3.15. The molecule has 92 valence electrons. The minimum Gasteiger partial charge on any atom is -0.396 e. The van der Waals surface area contributed by atoms with Crippen LogP contribution in [0.4, 0.5) is 0 Å². The van der Waals surface area contributed by atoms with E-state index in [1.807, 2.05) is 0 Å². The smallest absolute Gasteiger partial charge is 0.0448 e. The second-order valence-corrected chi connectivity index (χ2v) is 5.15. The molecular weight excluding hydrogens is 186 g/mol. The quantitative estimate of drug-likeness (QED) is 0.620. The molecule has 0 saturated carbocycles. The van der Waals surface area contributed by atoms with Crippen molar-refractivity contribution in [1.82, 2.24) is 5.32 Å². The van der Waals surface area contributed by atoms with Gasteiger partial charge in [-0.25, -0.2) is 0 Å². The molecule has 0 rings (SSSR count). The van der Waals surface area contributed by atoms with Gasteiger partial charge in [-0.1, -0.05) is 33.1 Å². The Hall–Kier alpha value is -0.0800. The molecule has 0 bridgehead atoms. The predicted molar refractivity (Wildman–Crippen MR) is 67.1 cm³/mol. The van der Waals surface area contributed by atoms with Crippen LogP contribution in [0.5, 0.6) is 0 Å². The average Bonchev–Trinajstić information content (AvgIpc) is 2.18. The van der Waals surface area contributed by atoms with Gasteiger partial charge in [-0.2, -0.15) is 0 Å². The van der Waals surface area contributed by atoms with Crippen molar-refractivity contribution < 1.29 is 5.11 Å². The zero-order chi connectivity index (χ0) is 11.7. The highest BCUT2D eigenvalue weighted by molar-refractivity contribution is 4.78. The van der Waals surface area contributed by atoms with Crippen LogP contribution in [-0.2, 0) is 0 Å². The highest BCUT2D eigenvalue weighted by atomic mass is 16.3. The Labute approximate surface area is 95.5 Å². The molecule has 0 aromatic carbocycles. The molecule has 15 heavy (non-hydrogen) atoms. The maximum atomic E-state index is 8.93. The third-order valence-electron chi connectivity index (χ3n) is 3.15. The molecule has 0 aromatic rings. The van der Waals surface area contributed by atoms with Gasteiger partial charge in [0.05, 0.1) is 0 Å². The van der Waals surface area contributed by atoms with Gasteiger partial charge in [-0.15, -0.1) is 0 Å². The first-order valence-corrected chi connectivity index (χ1v) is 6.41. The Morgan fingerprint density at radius 2 is 1.93 bits per heavy atom. The third kappa shape index (κ3) is 7.80. The van der Waals surface area contributed by atoms with E-state index in [1.54, 1.807) is 0 Å². The fourth-order valence-electron chi connectivity index (χ4n) is 1.73. The van der Waals surface area contributed by atoms with E-state index in [2.05, 4.69) is 33.0 Å². The Balaban J connectivity index is 3.77. The van der Waals surface area contributed by atoms with E-state index < -0.39 is 0 Å². The first-order valence-electron chi connectivity index (χ1n) is 6.41. The van der Waals surface area contributed by atoms with Gasteiger partial charge in [0.25, 0.3) is 0 Å². The number of aliphatic hydroxyl groups is 1. The molecule has 0 amide bonds. The summed E-state index contributed by atoms with van der Waals surface area (Å²) in [6.07, 6.45) is 6.03. The molecule has 1 atom stereocenters. The first kappa shape index (κ1) is 14.9.